The first-order chi connectivity index (χ1) is 8.83. The van der Waals surface area contributed by atoms with E-state index in [4.69, 9.17) is 16.0 Å². The third-order valence-corrected chi connectivity index (χ3v) is 2.70. The smallest absolute Gasteiger partial charge is 0.226 e. The molecule has 2 N–H and O–H groups in total. The average Bonchev–Trinajstić information content (AvgIpc) is 2.98. The third kappa shape index (κ3) is 2.14. The zero-order valence-electron chi connectivity index (χ0n) is 9.35. The fourth-order valence-corrected chi connectivity index (χ4v) is 1.87. The van der Waals surface area contributed by atoms with E-state index >= 15 is 0 Å². The van der Waals surface area contributed by atoms with Crippen molar-refractivity contribution in [2.75, 3.05) is 11.9 Å². The van der Waals surface area contributed by atoms with Crippen LogP contribution in [0.25, 0.3) is 11.0 Å². The molecule has 0 amide bonds. The summed E-state index contributed by atoms with van der Waals surface area (Å²) >= 11 is 5.83. The predicted molar refractivity (Wildman–Crippen MR) is 67.6 cm³/mol. The van der Waals surface area contributed by atoms with E-state index in [9.17, 15) is 0 Å². The van der Waals surface area contributed by atoms with Crippen LogP contribution < -0.4 is 5.32 Å². The molecular formula is C11H10ClN5O. The molecule has 0 saturated heterocycles. The third-order valence-electron chi connectivity index (χ3n) is 2.53. The van der Waals surface area contributed by atoms with E-state index in [1.807, 2.05) is 12.1 Å². The SMILES string of the molecule is Clc1nc(NCCc2ccco2)c2cn[nH]c2n1. The molecule has 0 bridgehead atoms. The summed E-state index contributed by atoms with van der Waals surface area (Å²) in [5.74, 6) is 1.59. The number of furan rings is 1. The molecule has 0 unspecified atom stereocenters. The van der Waals surface area contributed by atoms with Crippen molar-refractivity contribution in [1.29, 1.82) is 0 Å². The molecule has 92 valence electrons. The highest BCUT2D eigenvalue weighted by molar-refractivity contribution is 6.28. The van der Waals surface area contributed by atoms with Gasteiger partial charge in [-0.25, -0.2) is 0 Å². The van der Waals surface area contributed by atoms with Crippen LogP contribution in [0.4, 0.5) is 5.82 Å². The number of anilines is 1. The van der Waals surface area contributed by atoms with Gasteiger partial charge in [0.15, 0.2) is 5.65 Å². The van der Waals surface area contributed by atoms with Crippen molar-refractivity contribution in [2.24, 2.45) is 0 Å². The second kappa shape index (κ2) is 4.66. The predicted octanol–water partition coefficient (Wildman–Crippen LogP) is 2.25. The molecule has 18 heavy (non-hydrogen) atoms. The Kier molecular flexibility index (Phi) is 2.85. The van der Waals surface area contributed by atoms with Crippen LogP contribution in [-0.2, 0) is 6.42 Å². The van der Waals surface area contributed by atoms with Crippen molar-refractivity contribution in [1.82, 2.24) is 20.2 Å². The Balaban J connectivity index is 1.75. The fourth-order valence-electron chi connectivity index (χ4n) is 1.70. The number of hydrogen-bond acceptors (Lipinski definition) is 5. The lowest BCUT2D eigenvalue weighted by Crippen LogP contribution is -2.06. The number of hydrogen-bond donors (Lipinski definition) is 2. The lowest BCUT2D eigenvalue weighted by atomic mass is 10.3. The van der Waals surface area contributed by atoms with E-state index in [0.29, 0.717) is 18.0 Å². The number of rotatable bonds is 4. The number of aromatic amines is 1. The van der Waals surface area contributed by atoms with Crippen LogP contribution in [0.3, 0.4) is 0 Å². The van der Waals surface area contributed by atoms with Crippen LogP contribution in [0.1, 0.15) is 5.76 Å². The van der Waals surface area contributed by atoms with Gasteiger partial charge >= 0.3 is 0 Å². The minimum Gasteiger partial charge on any atom is -0.469 e. The molecule has 3 aromatic heterocycles. The van der Waals surface area contributed by atoms with E-state index in [1.165, 1.54) is 0 Å². The van der Waals surface area contributed by atoms with Gasteiger partial charge in [0.25, 0.3) is 0 Å². The first-order valence-electron chi connectivity index (χ1n) is 5.46. The topological polar surface area (TPSA) is 79.6 Å². The average molecular weight is 264 g/mol. The van der Waals surface area contributed by atoms with Crippen LogP contribution in [0.15, 0.2) is 29.0 Å². The van der Waals surface area contributed by atoms with Crippen LogP contribution in [0.2, 0.25) is 5.28 Å². The molecule has 0 aliphatic heterocycles. The van der Waals surface area contributed by atoms with Gasteiger partial charge in [-0.2, -0.15) is 15.1 Å². The first kappa shape index (κ1) is 11.0. The summed E-state index contributed by atoms with van der Waals surface area (Å²) in [6.45, 7) is 0.696. The maximum absolute atomic E-state index is 5.83. The summed E-state index contributed by atoms with van der Waals surface area (Å²) in [6, 6.07) is 3.80. The normalized spacial score (nSPS) is 10.9. The Hall–Kier alpha value is -2.08. The van der Waals surface area contributed by atoms with E-state index < -0.39 is 0 Å². The molecule has 0 aromatic carbocycles. The molecule has 3 aromatic rings. The van der Waals surface area contributed by atoms with Crippen molar-refractivity contribution in [3.05, 3.63) is 35.6 Å². The summed E-state index contributed by atoms with van der Waals surface area (Å²) in [6.07, 6.45) is 4.10. The lowest BCUT2D eigenvalue weighted by molar-refractivity contribution is 0.513. The van der Waals surface area contributed by atoms with E-state index in [0.717, 1.165) is 17.6 Å². The highest BCUT2D eigenvalue weighted by atomic mass is 35.5. The molecule has 0 aliphatic carbocycles. The summed E-state index contributed by atoms with van der Waals surface area (Å²) in [7, 11) is 0. The molecular weight excluding hydrogens is 254 g/mol. The molecule has 0 aliphatic rings. The van der Waals surface area contributed by atoms with Gasteiger partial charge in [0.1, 0.15) is 11.6 Å². The van der Waals surface area contributed by atoms with Gasteiger partial charge < -0.3 is 9.73 Å². The Morgan fingerprint density at radius 3 is 3.17 bits per heavy atom. The number of halogens is 1. The van der Waals surface area contributed by atoms with Gasteiger partial charge in [-0.05, 0) is 23.7 Å². The quantitative estimate of drug-likeness (QED) is 0.706. The number of nitrogens with one attached hydrogen (secondary N) is 2. The van der Waals surface area contributed by atoms with E-state index in [-0.39, 0.29) is 5.28 Å². The zero-order chi connectivity index (χ0) is 12.4. The lowest BCUT2D eigenvalue weighted by Gasteiger charge is -2.05. The first-order valence-corrected chi connectivity index (χ1v) is 5.83. The van der Waals surface area contributed by atoms with Crippen LogP contribution in [0.5, 0.6) is 0 Å². The fraction of sp³-hybridized carbons (Fsp3) is 0.182. The maximum Gasteiger partial charge on any atom is 0.226 e. The molecule has 7 heteroatoms. The summed E-state index contributed by atoms with van der Waals surface area (Å²) in [4.78, 5) is 8.18. The maximum atomic E-state index is 5.83. The number of aromatic nitrogens is 4. The zero-order valence-corrected chi connectivity index (χ0v) is 10.1. The Morgan fingerprint density at radius 2 is 2.33 bits per heavy atom. The van der Waals surface area contributed by atoms with Crippen LogP contribution in [-0.4, -0.2) is 26.7 Å². The van der Waals surface area contributed by atoms with Crippen molar-refractivity contribution in [3.63, 3.8) is 0 Å². The second-order valence-electron chi connectivity index (χ2n) is 3.73. The number of fused-ring (bicyclic) bond motifs is 1. The number of H-pyrrole nitrogens is 1. The summed E-state index contributed by atoms with van der Waals surface area (Å²) in [5.41, 5.74) is 0.621. The molecule has 0 fully saturated rings. The van der Waals surface area contributed by atoms with Crippen molar-refractivity contribution in [3.8, 4) is 0 Å². The monoisotopic (exact) mass is 263 g/mol. The van der Waals surface area contributed by atoms with Crippen LogP contribution >= 0.6 is 11.6 Å². The van der Waals surface area contributed by atoms with Gasteiger partial charge in [-0.3, -0.25) is 5.10 Å². The number of nitrogens with zero attached hydrogens (tertiary/aromatic N) is 3. The van der Waals surface area contributed by atoms with E-state index in [1.54, 1.807) is 12.5 Å². The molecule has 0 saturated carbocycles. The van der Waals surface area contributed by atoms with E-state index in [2.05, 4.69) is 25.5 Å². The molecule has 0 atom stereocenters. The van der Waals surface area contributed by atoms with Gasteiger partial charge in [0.05, 0.1) is 17.8 Å². The Labute approximate surface area is 107 Å². The Morgan fingerprint density at radius 1 is 1.39 bits per heavy atom. The summed E-state index contributed by atoms with van der Waals surface area (Å²) < 4.78 is 5.25. The summed E-state index contributed by atoms with van der Waals surface area (Å²) in [5, 5.41) is 10.9. The second-order valence-corrected chi connectivity index (χ2v) is 4.07. The van der Waals surface area contributed by atoms with Gasteiger partial charge in [0, 0.05) is 13.0 Å². The molecule has 3 rings (SSSR count). The molecule has 0 spiro atoms. The van der Waals surface area contributed by atoms with Gasteiger partial charge in [0.2, 0.25) is 5.28 Å². The molecule has 3 heterocycles. The Bertz CT molecular complexity index is 649. The largest absolute Gasteiger partial charge is 0.469 e. The van der Waals surface area contributed by atoms with Crippen molar-refractivity contribution >= 4 is 28.5 Å². The highest BCUT2D eigenvalue weighted by Crippen LogP contribution is 2.19. The molecule has 0 radical (unpaired) electrons. The van der Waals surface area contributed by atoms with Gasteiger partial charge in [-0.1, -0.05) is 0 Å². The minimum absolute atomic E-state index is 0.187. The minimum atomic E-state index is 0.187. The van der Waals surface area contributed by atoms with Crippen molar-refractivity contribution < 1.29 is 4.42 Å². The standard InChI is InChI=1S/C11H10ClN5O/c12-11-15-9(8-6-14-17-10(8)16-11)13-4-3-7-2-1-5-18-7/h1-2,5-6H,3-4H2,(H2,13,14,15,16,17). The molecule has 6 nitrogen and oxygen atoms in total. The van der Waals surface area contributed by atoms with Gasteiger partial charge in [-0.15, -0.1) is 0 Å². The van der Waals surface area contributed by atoms with Crippen molar-refractivity contribution in [2.45, 2.75) is 6.42 Å². The highest BCUT2D eigenvalue weighted by Gasteiger charge is 2.07. The van der Waals surface area contributed by atoms with Crippen LogP contribution in [0, 0.1) is 0 Å².